The second-order valence-electron chi connectivity index (χ2n) is 7.11. The summed E-state index contributed by atoms with van der Waals surface area (Å²) in [6.07, 6.45) is 2.31. The van der Waals surface area contributed by atoms with Gasteiger partial charge in [0, 0.05) is 38.2 Å². The molecule has 0 bridgehead atoms. The summed E-state index contributed by atoms with van der Waals surface area (Å²) in [5.74, 6) is 12.7. The maximum atomic E-state index is 11.1. The van der Waals surface area contributed by atoms with Crippen LogP contribution in [0.2, 0.25) is 0 Å². The molecule has 1 N–H and O–H groups in total. The van der Waals surface area contributed by atoms with Crippen LogP contribution in [0.5, 0.6) is 0 Å². The van der Waals surface area contributed by atoms with Crippen LogP contribution < -0.4 is 0 Å². The van der Waals surface area contributed by atoms with Crippen molar-refractivity contribution >= 4 is 0 Å². The van der Waals surface area contributed by atoms with E-state index in [1.165, 1.54) is 0 Å². The molecule has 0 radical (unpaired) electrons. The van der Waals surface area contributed by atoms with Crippen LogP contribution in [0.1, 0.15) is 54.9 Å². The molecule has 0 aromatic heterocycles. The van der Waals surface area contributed by atoms with Crippen molar-refractivity contribution in [3.05, 3.63) is 70.8 Å². The van der Waals surface area contributed by atoms with Crippen molar-refractivity contribution in [1.82, 2.24) is 0 Å². The maximum Gasteiger partial charge on any atom is 0.0865 e. The molecule has 2 aromatic rings. The maximum absolute atomic E-state index is 11.1. The van der Waals surface area contributed by atoms with E-state index in [9.17, 15) is 5.11 Å². The Morgan fingerprint density at radius 3 is 1.66 bits per heavy atom. The molecule has 0 fully saturated rings. The molecule has 0 saturated carbocycles. The smallest absolute Gasteiger partial charge is 0.0865 e. The Hall–Kier alpha value is -2.56. The van der Waals surface area contributed by atoms with Gasteiger partial charge in [0.15, 0.2) is 0 Å². The van der Waals surface area contributed by atoms with Crippen molar-refractivity contribution in [2.45, 2.75) is 51.4 Å². The fourth-order valence-corrected chi connectivity index (χ4v) is 3.16. The summed E-state index contributed by atoms with van der Waals surface area (Å²) in [6, 6.07) is 15.9. The quantitative estimate of drug-likeness (QED) is 0.665. The molecule has 0 aliphatic heterocycles. The van der Waals surface area contributed by atoms with Gasteiger partial charge in [-0.2, -0.15) is 0 Å². The van der Waals surface area contributed by atoms with Crippen LogP contribution in [0.4, 0.5) is 0 Å². The van der Waals surface area contributed by atoms with Gasteiger partial charge >= 0.3 is 0 Å². The zero-order chi connectivity index (χ0) is 21.0. The van der Waals surface area contributed by atoms with Gasteiger partial charge in [0.25, 0.3) is 0 Å². The molecule has 0 aliphatic carbocycles. The Bertz CT molecular complexity index is 824. The lowest BCUT2D eigenvalue weighted by Crippen LogP contribution is -2.27. The summed E-state index contributed by atoms with van der Waals surface area (Å²) in [7, 11) is 3.35. The normalized spacial score (nSPS) is 10.6. The molecule has 3 nitrogen and oxygen atoms in total. The second-order valence-corrected chi connectivity index (χ2v) is 7.11. The molecule has 0 unspecified atom stereocenters. The summed E-state index contributed by atoms with van der Waals surface area (Å²) in [5, 5.41) is 11.1. The van der Waals surface area contributed by atoms with Gasteiger partial charge < -0.3 is 14.6 Å². The molecule has 0 spiro atoms. The second kappa shape index (κ2) is 12.1. The summed E-state index contributed by atoms with van der Waals surface area (Å²) in [4.78, 5) is 0. The summed E-state index contributed by atoms with van der Waals surface area (Å²) < 4.78 is 10.5. The highest BCUT2D eigenvalue weighted by Gasteiger charge is 2.23. The molecular weight excluding hydrogens is 360 g/mol. The van der Waals surface area contributed by atoms with Crippen LogP contribution in [0, 0.1) is 23.7 Å². The lowest BCUT2D eigenvalue weighted by atomic mass is 9.90. The minimum Gasteiger partial charge on any atom is -0.388 e. The van der Waals surface area contributed by atoms with E-state index in [-0.39, 0.29) is 0 Å². The minimum atomic E-state index is -0.916. The van der Waals surface area contributed by atoms with Crippen molar-refractivity contribution in [1.29, 1.82) is 0 Å². The Kier molecular flexibility index (Phi) is 9.48. The van der Waals surface area contributed by atoms with Crippen LogP contribution in [-0.4, -0.2) is 24.9 Å². The molecule has 29 heavy (non-hydrogen) atoms. The molecule has 3 heteroatoms. The minimum absolute atomic E-state index is 0.385. The van der Waals surface area contributed by atoms with Gasteiger partial charge in [-0.15, -0.1) is 0 Å². The SMILES string of the molecule is CCCC(O)(CC#Cc1ccccc1COC)CC#Cc1ccccc1COC. The third kappa shape index (κ3) is 7.41. The number of hydrogen-bond donors (Lipinski definition) is 1. The van der Waals surface area contributed by atoms with Gasteiger partial charge in [0.1, 0.15) is 0 Å². The molecule has 0 heterocycles. The first-order valence-electron chi connectivity index (χ1n) is 9.95. The number of hydrogen-bond acceptors (Lipinski definition) is 3. The van der Waals surface area contributed by atoms with E-state index in [1.54, 1.807) is 14.2 Å². The highest BCUT2D eigenvalue weighted by molar-refractivity contribution is 5.42. The molecule has 2 aromatic carbocycles. The lowest BCUT2D eigenvalue weighted by Gasteiger charge is -2.23. The van der Waals surface area contributed by atoms with Crippen LogP contribution in [0.25, 0.3) is 0 Å². The topological polar surface area (TPSA) is 38.7 Å². The largest absolute Gasteiger partial charge is 0.388 e. The zero-order valence-corrected chi connectivity index (χ0v) is 17.6. The van der Waals surface area contributed by atoms with Gasteiger partial charge in [-0.1, -0.05) is 73.4 Å². The van der Waals surface area contributed by atoms with E-state index >= 15 is 0 Å². The van der Waals surface area contributed by atoms with Crippen molar-refractivity contribution in [2.24, 2.45) is 0 Å². The first-order valence-corrected chi connectivity index (χ1v) is 9.95. The fraction of sp³-hybridized carbons (Fsp3) is 0.385. The van der Waals surface area contributed by atoms with E-state index in [4.69, 9.17) is 9.47 Å². The Morgan fingerprint density at radius 1 is 0.793 bits per heavy atom. The van der Waals surface area contributed by atoms with Crippen LogP contribution in [-0.2, 0) is 22.7 Å². The van der Waals surface area contributed by atoms with Crippen LogP contribution >= 0.6 is 0 Å². The van der Waals surface area contributed by atoms with Gasteiger partial charge in [-0.3, -0.25) is 0 Å². The lowest BCUT2D eigenvalue weighted by molar-refractivity contribution is 0.0409. The van der Waals surface area contributed by atoms with Gasteiger partial charge in [-0.25, -0.2) is 0 Å². The van der Waals surface area contributed by atoms with E-state index in [0.29, 0.717) is 32.5 Å². The molecule has 0 amide bonds. The van der Waals surface area contributed by atoms with Gasteiger partial charge in [0.2, 0.25) is 0 Å². The molecule has 0 atom stereocenters. The van der Waals surface area contributed by atoms with E-state index in [1.807, 2.05) is 48.5 Å². The van der Waals surface area contributed by atoms with Crippen molar-refractivity contribution < 1.29 is 14.6 Å². The highest BCUT2D eigenvalue weighted by atomic mass is 16.5. The van der Waals surface area contributed by atoms with Crippen molar-refractivity contribution in [3.63, 3.8) is 0 Å². The number of benzene rings is 2. The fourth-order valence-electron chi connectivity index (χ4n) is 3.16. The predicted octanol–water partition coefficient (Wildman–Crippen LogP) is 4.69. The standard InChI is InChI=1S/C26H30O3/c1-4-17-26(27,18-9-15-22-11-5-7-13-24(22)20-28-2)19-10-16-23-12-6-8-14-25(23)21-29-3/h5-8,11-14,27H,4,17-21H2,1-3H3. The zero-order valence-electron chi connectivity index (χ0n) is 17.6. The number of aliphatic hydroxyl groups is 1. The molecule has 0 aliphatic rings. The summed E-state index contributed by atoms with van der Waals surface area (Å²) >= 11 is 0. The first-order chi connectivity index (χ1) is 14.1. The first kappa shape index (κ1) is 22.7. The Balaban J connectivity index is 2.12. The van der Waals surface area contributed by atoms with Crippen molar-refractivity contribution in [3.8, 4) is 23.7 Å². The third-order valence-electron chi connectivity index (χ3n) is 4.63. The molecule has 152 valence electrons. The number of rotatable bonds is 8. The van der Waals surface area contributed by atoms with Gasteiger partial charge in [0.05, 0.1) is 18.8 Å². The Labute approximate surface area is 175 Å². The molecular formula is C26H30O3. The summed E-state index contributed by atoms with van der Waals surface area (Å²) in [5.41, 5.74) is 3.06. The van der Waals surface area contributed by atoms with Gasteiger partial charge in [-0.05, 0) is 29.7 Å². The van der Waals surface area contributed by atoms with E-state index < -0.39 is 5.60 Å². The van der Waals surface area contributed by atoms with Crippen molar-refractivity contribution in [2.75, 3.05) is 14.2 Å². The highest BCUT2D eigenvalue weighted by Crippen LogP contribution is 2.21. The Morgan fingerprint density at radius 2 is 1.24 bits per heavy atom. The van der Waals surface area contributed by atoms with E-state index in [0.717, 1.165) is 28.7 Å². The van der Waals surface area contributed by atoms with Crippen LogP contribution in [0.3, 0.4) is 0 Å². The van der Waals surface area contributed by atoms with Crippen LogP contribution in [0.15, 0.2) is 48.5 Å². The van der Waals surface area contributed by atoms with E-state index in [2.05, 4.69) is 30.6 Å². The third-order valence-corrected chi connectivity index (χ3v) is 4.63. The number of ether oxygens (including phenoxy) is 2. The molecule has 2 rings (SSSR count). The monoisotopic (exact) mass is 390 g/mol. The summed E-state index contributed by atoms with van der Waals surface area (Å²) in [6.45, 7) is 3.11. The number of methoxy groups -OCH3 is 2. The molecule has 0 saturated heterocycles. The average molecular weight is 391 g/mol. The predicted molar refractivity (Wildman–Crippen MR) is 117 cm³/mol. The average Bonchev–Trinajstić information content (AvgIpc) is 2.71.